The Morgan fingerprint density at radius 1 is 1.37 bits per heavy atom. The van der Waals surface area contributed by atoms with E-state index in [1.54, 1.807) is 0 Å². The van der Waals surface area contributed by atoms with Crippen LogP contribution in [0.15, 0.2) is 0 Å². The van der Waals surface area contributed by atoms with Crippen molar-refractivity contribution in [3.8, 4) is 0 Å². The average molecular weight is 302 g/mol. The Labute approximate surface area is 125 Å². The number of hydrogen-bond acceptors (Lipinski definition) is 4. The van der Waals surface area contributed by atoms with Crippen molar-refractivity contribution in [3.05, 3.63) is 5.82 Å². The van der Waals surface area contributed by atoms with Crippen molar-refractivity contribution in [1.82, 2.24) is 9.36 Å². The van der Waals surface area contributed by atoms with E-state index in [0.29, 0.717) is 5.88 Å². The molecule has 0 amide bonds. The van der Waals surface area contributed by atoms with E-state index in [9.17, 15) is 0 Å². The predicted octanol–water partition coefficient (Wildman–Crippen LogP) is 4.44. The zero-order valence-corrected chi connectivity index (χ0v) is 13.9. The molecule has 1 aromatic heterocycles. The van der Waals surface area contributed by atoms with Crippen molar-refractivity contribution in [3.63, 3.8) is 0 Å². The van der Waals surface area contributed by atoms with Gasteiger partial charge in [-0.1, -0.05) is 27.7 Å². The first-order chi connectivity index (χ1) is 8.85. The number of rotatable bonds is 3. The topological polar surface area (TPSA) is 37.8 Å². The summed E-state index contributed by atoms with van der Waals surface area (Å²) in [7, 11) is 0. The highest BCUT2D eigenvalue weighted by molar-refractivity contribution is 7.09. The van der Waals surface area contributed by atoms with Gasteiger partial charge in [0.2, 0.25) is 5.13 Å². The smallest absolute Gasteiger partial charge is 0.203 e. The maximum absolute atomic E-state index is 6.23. The molecule has 0 atom stereocenters. The third-order valence-corrected chi connectivity index (χ3v) is 5.10. The van der Waals surface area contributed by atoms with Gasteiger partial charge in [0.25, 0.3) is 0 Å². The quantitative estimate of drug-likeness (QED) is 0.839. The normalized spacial score (nSPS) is 28.4. The molecule has 0 radical (unpaired) electrons. The molecule has 1 aromatic rings. The second-order valence-electron chi connectivity index (χ2n) is 6.89. The molecule has 1 aliphatic carbocycles. The first-order valence-electron chi connectivity index (χ1n) is 7.03. The van der Waals surface area contributed by atoms with E-state index in [-0.39, 0.29) is 11.0 Å². The van der Waals surface area contributed by atoms with E-state index in [0.717, 1.165) is 29.7 Å². The summed E-state index contributed by atoms with van der Waals surface area (Å²) in [5, 5.41) is 4.49. The minimum absolute atomic E-state index is 0.00559. The maximum Gasteiger partial charge on any atom is 0.203 e. The third kappa shape index (κ3) is 3.60. The molecule has 0 spiro atoms. The minimum atomic E-state index is 0.00559. The van der Waals surface area contributed by atoms with E-state index < -0.39 is 0 Å². The van der Waals surface area contributed by atoms with Gasteiger partial charge in [-0.3, -0.25) is 0 Å². The molecular weight excluding hydrogens is 278 g/mol. The van der Waals surface area contributed by atoms with Crippen LogP contribution in [0.25, 0.3) is 0 Å². The van der Waals surface area contributed by atoms with Crippen molar-refractivity contribution >= 4 is 28.3 Å². The fourth-order valence-electron chi connectivity index (χ4n) is 2.41. The first kappa shape index (κ1) is 15.0. The van der Waals surface area contributed by atoms with Crippen molar-refractivity contribution in [1.29, 1.82) is 0 Å². The number of halogens is 1. The van der Waals surface area contributed by atoms with Crippen molar-refractivity contribution in [2.24, 2.45) is 5.92 Å². The van der Waals surface area contributed by atoms with Crippen LogP contribution in [0.5, 0.6) is 0 Å². The summed E-state index contributed by atoms with van der Waals surface area (Å²) >= 11 is 7.68. The lowest BCUT2D eigenvalue weighted by atomic mass is 9.78. The standard InChI is InChI=1S/C14H24ClN3S/c1-10-5-7-14(9-15,8-6-10)17-12-16-11(18-19-12)13(2,3)4/h10H,5-9H2,1-4H3,(H,16,17,18). The van der Waals surface area contributed by atoms with Crippen molar-refractivity contribution < 1.29 is 0 Å². The molecule has 1 heterocycles. The number of hydrogen-bond donors (Lipinski definition) is 1. The van der Waals surface area contributed by atoms with Gasteiger partial charge in [-0.2, -0.15) is 4.37 Å². The summed E-state index contributed by atoms with van der Waals surface area (Å²) in [6, 6.07) is 0. The fourth-order valence-corrected chi connectivity index (χ4v) is 3.62. The van der Waals surface area contributed by atoms with E-state index in [1.165, 1.54) is 24.4 Å². The molecule has 19 heavy (non-hydrogen) atoms. The van der Waals surface area contributed by atoms with E-state index in [2.05, 4.69) is 42.4 Å². The Morgan fingerprint density at radius 2 is 2.00 bits per heavy atom. The van der Waals surface area contributed by atoms with Gasteiger partial charge in [-0.25, -0.2) is 4.98 Å². The van der Waals surface area contributed by atoms with Crippen LogP contribution >= 0.6 is 23.1 Å². The third-order valence-electron chi connectivity index (χ3n) is 3.96. The number of aromatic nitrogens is 2. The molecule has 0 bridgehead atoms. The van der Waals surface area contributed by atoms with E-state index in [1.807, 2.05) is 0 Å². The Hall–Kier alpha value is -0.350. The molecule has 0 unspecified atom stereocenters. The molecule has 2 rings (SSSR count). The lowest BCUT2D eigenvalue weighted by molar-refractivity contribution is 0.287. The summed E-state index contributed by atoms with van der Waals surface area (Å²) in [6.45, 7) is 8.73. The molecule has 108 valence electrons. The van der Waals surface area contributed by atoms with Gasteiger partial charge in [0.1, 0.15) is 5.82 Å². The summed E-state index contributed by atoms with van der Waals surface area (Å²) in [5.74, 6) is 2.37. The molecule has 1 N–H and O–H groups in total. The van der Waals surface area contributed by atoms with Crippen LogP contribution < -0.4 is 5.32 Å². The lowest BCUT2D eigenvalue weighted by Crippen LogP contribution is -2.43. The van der Waals surface area contributed by atoms with Crippen LogP contribution in [0.1, 0.15) is 59.2 Å². The Bertz CT molecular complexity index is 417. The molecule has 0 saturated heterocycles. The maximum atomic E-state index is 6.23. The van der Waals surface area contributed by atoms with Gasteiger partial charge in [0, 0.05) is 22.8 Å². The van der Waals surface area contributed by atoms with Gasteiger partial charge >= 0.3 is 0 Å². The molecule has 3 nitrogen and oxygen atoms in total. The second kappa shape index (κ2) is 5.57. The molecule has 0 aliphatic heterocycles. The van der Waals surface area contributed by atoms with Crippen LogP contribution in [0.3, 0.4) is 0 Å². The number of nitrogens with zero attached hydrogens (tertiary/aromatic N) is 2. The Morgan fingerprint density at radius 3 is 2.47 bits per heavy atom. The summed E-state index contributed by atoms with van der Waals surface area (Å²) in [6.07, 6.45) is 4.74. The largest absolute Gasteiger partial charge is 0.354 e. The number of nitrogens with one attached hydrogen (secondary N) is 1. The van der Waals surface area contributed by atoms with Crippen LogP contribution in [0, 0.1) is 5.92 Å². The molecule has 1 fully saturated rings. The summed E-state index contributed by atoms with van der Waals surface area (Å²) < 4.78 is 4.46. The summed E-state index contributed by atoms with van der Waals surface area (Å²) in [4.78, 5) is 4.63. The zero-order chi connectivity index (χ0) is 14.1. The van der Waals surface area contributed by atoms with E-state index in [4.69, 9.17) is 11.6 Å². The second-order valence-corrected chi connectivity index (χ2v) is 7.91. The van der Waals surface area contributed by atoms with Crippen LogP contribution in [0.2, 0.25) is 0 Å². The van der Waals surface area contributed by atoms with Gasteiger partial charge in [0.05, 0.1) is 5.54 Å². The highest BCUT2D eigenvalue weighted by Crippen LogP contribution is 2.36. The number of anilines is 1. The van der Waals surface area contributed by atoms with E-state index >= 15 is 0 Å². The molecule has 5 heteroatoms. The highest BCUT2D eigenvalue weighted by atomic mass is 35.5. The SMILES string of the molecule is CC1CCC(CCl)(Nc2nc(C(C)(C)C)ns2)CC1. The van der Waals surface area contributed by atoms with Gasteiger partial charge in [-0.15, -0.1) is 11.6 Å². The van der Waals surface area contributed by atoms with Crippen molar-refractivity contribution in [2.45, 2.75) is 64.3 Å². The predicted molar refractivity (Wildman–Crippen MR) is 83.3 cm³/mol. The van der Waals surface area contributed by atoms with Gasteiger partial charge in [0.15, 0.2) is 0 Å². The fraction of sp³-hybridized carbons (Fsp3) is 0.857. The molecule has 1 saturated carbocycles. The number of alkyl halides is 1. The van der Waals surface area contributed by atoms with Gasteiger partial charge in [-0.05, 0) is 31.6 Å². The van der Waals surface area contributed by atoms with Crippen LogP contribution in [0.4, 0.5) is 5.13 Å². The monoisotopic (exact) mass is 301 g/mol. The first-order valence-corrected chi connectivity index (χ1v) is 8.34. The minimum Gasteiger partial charge on any atom is -0.354 e. The van der Waals surface area contributed by atoms with Gasteiger partial charge < -0.3 is 5.32 Å². The van der Waals surface area contributed by atoms with Crippen molar-refractivity contribution in [2.75, 3.05) is 11.2 Å². The molecular formula is C14H24ClN3S. The zero-order valence-electron chi connectivity index (χ0n) is 12.3. The summed E-state index contributed by atoms with van der Waals surface area (Å²) in [5.41, 5.74) is 0.0222. The molecule has 0 aromatic carbocycles. The lowest BCUT2D eigenvalue weighted by Gasteiger charge is -2.38. The highest BCUT2D eigenvalue weighted by Gasteiger charge is 2.34. The average Bonchev–Trinajstić information content (AvgIpc) is 2.81. The van der Waals surface area contributed by atoms with Crippen LogP contribution in [-0.4, -0.2) is 20.8 Å². The molecule has 1 aliphatic rings. The van der Waals surface area contributed by atoms with Crippen LogP contribution in [-0.2, 0) is 5.41 Å². The Balaban J connectivity index is 2.08. The Kier molecular flexibility index (Phi) is 4.41.